The largest absolute Gasteiger partial charge is 0.501 e. The molecular formula is C7H16N2O. The van der Waals surface area contributed by atoms with Gasteiger partial charge in [-0.2, -0.15) is 0 Å². The summed E-state index contributed by atoms with van der Waals surface area (Å²) >= 11 is 0. The van der Waals surface area contributed by atoms with Crippen LogP contribution in [0.4, 0.5) is 0 Å². The van der Waals surface area contributed by atoms with E-state index < -0.39 is 0 Å². The van der Waals surface area contributed by atoms with Crippen LogP contribution < -0.4 is 0 Å². The molecule has 0 aliphatic heterocycles. The first-order valence-electron chi connectivity index (χ1n) is 3.17. The summed E-state index contributed by atoms with van der Waals surface area (Å²) in [4.78, 5) is 3.98. The summed E-state index contributed by atoms with van der Waals surface area (Å²) in [5.41, 5.74) is 0. The second kappa shape index (κ2) is 4.04. The van der Waals surface area contributed by atoms with Gasteiger partial charge in [0.25, 0.3) is 0 Å². The van der Waals surface area contributed by atoms with E-state index >= 15 is 0 Å². The number of ether oxygens (including phenoxy) is 1. The van der Waals surface area contributed by atoms with Gasteiger partial charge in [0, 0.05) is 28.2 Å². The van der Waals surface area contributed by atoms with Gasteiger partial charge in [0.2, 0.25) is 0 Å². The number of hydrogen-bond donors (Lipinski definition) is 0. The van der Waals surface area contributed by atoms with Crippen molar-refractivity contribution in [1.29, 1.82) is 0 Å². The molecule has 0 aliphatic carbocycles. The van der Waals surface area contributed by atoms with Crippen LogP contribution in [0.5, 0.6) is 0 Å². The first-order valence-corrected chi connectivity index (χ1v) is 3.17. The Morgan fingerprint density at radius 2 is 1.50 bits per heavy atom. The van der Waals surface area contributed by atoms with Crippen molar-refractivity contribution >= 4 is 0 Å². The number of methoxy groups -OCH3 is 1. The van der Waals surface area contributed by atoms with Gasteiger partial charge in [-0.25, -0.2) is 0 Å². The Morgan fingerprint density at radius 1 is 1.10 bits per heavy atom. The fourth-order valence-electron chi connectivity index (χ4n) is 0.716. The van der Waals surface area contributed by atoms with Crippen molar-refractivity contribution in [3.63, 3.8) is 0 Å². The standard InChI is InChI=1S/C7H16N2O/c1-8(2)7(6-10-5)9(3)4/h6H,1-5H3. The molecule has 0 radical (unpaired) electrons. The third kappa shape index (κ3) is 2.62. The van der Waals surface area contributed by atoms with Gasteiger partial charge in [-0.3, -0.25) is 0 Å². The molecule has 0 atom stereocenters. The van der Waals surface area contributed by atoms with Crippen LogP contribution >= 0.6 is 0 Å². The van der Waals surface area contributed by atoms with Crippen LogP contribution in [0.3, 0.4) is 0 Å². The second-order valence-electron chi connectivity index (χ2n) is 2.50. The second-order valence-corrected chi connectivity index (χ2v) is 2.50. The van der Waals surface area contributed by atoms with Crippen molar-refractivity contribution in [3.05, 3.63) is 12.1 Å². The Labute approximate surface area is 62.9 Å². The molecule has 0 saturated heterocycles. The summed E-state index contributed by atoms with van der Waals surface area (Å²) in [6, 6.07) is 0. The van der Waals surface area contributed by atoms with E-state index in [4.69, 9.17) is 4.74 Å². The molecular weight excluding hydrogens is 128 g/mol. The molecule has 0 amide bonds. The quantitative estimate of drug-likeness (QED) is 0.538. The highest BCUT2D eigenvalue weighted by Gasteiger charge is 2.00. The van der Waals surface area contributed by atoms with Crippen LogP contribution in [-0.2, 0) is 4.74 Å². The zero-order valence-corrected chi connectivity index (χ0v) is 7.38. The summed E-state index contributed by atoms with van der Waals surface area (Å²) in [7, 11) is 9.55. The van der Waals surface area contributed by atoms with Crippen LogP contribution in [0.2, 0.25) is 0 Å². The monoisotopic (exact) mass is 144 g/mol. The van der Waals surface area contributed by atoms with Gasteiger partial charge in [0.1, 0.15) is 12.1 Å². The lowest BCUT2D eigenvalue weighted by atomic mass is 10.6. The lowest BCUT2D eigenvalue weighted by Gasteiger charge is -2.23. The average molecular weight is 144 g/mol. The molecule has 0 heterocycles. The number of rotatable bonds is 3. The molecule has 0 rings (SSSR count). The van der Waals surface area contributed by atoms with Crippen molar-refractivity contribution < 1.29 is 4.74 Å². The predicted molar refractivity (Wildman–Crippen MR) is 42.5 cm³/mol. The molecule has 3 heteroatoms. The topological polar surface area (TPSA) is 15.7 Å². The molecule has 0 N–H and O–H groups in total. The highest BCUT2D eigenvalue weighted by Crippen LogP contribution is 2.00. The van der Waals surface area contributed by atoms with Crippen molar-refractivity contribution in [1.82, 2.24) is 9.80 Å². The van der Waals surface area contributed by atoms with Gasteiger partial charge in [0.05, 0.1) is 7.11 Å². The zero-order valence-electron chi connectivity index (χ0n) is 7.38. The normalized spacial score (nSPS) is 8.50. The van der Waals surface area contributed by atoms with E-state index in [0.717, 1.165) is 5.82 Å². The van der Waals surface area contributed by atoms with Crippen LogP contribution in [0.15, 0.2) is 12.1 Å². The van der Waals surface area contributed by atoms with E-state index in [1.807, 2.05) is 38.0 Å². The molecule has 0 aromatic heterocycles. The van der Waals surface area contributed by atoms with E-state index in [-0.39, 0.29) is 0 Å². The summed E-state index contributed by atoms with van der Waals surface area (Å²) in [5, 5.41) is 0. The smallest absolute Gasteiger partial charge is 0.138 e. The Bertz CT molecular complexity index is 109. The Morgan fingerprint density at radius 3 is 1.60 bits per heavy atom. The highest BCUT2D eigenvalue weighted by atomic mass is 16.5. The van der Waals surface area contributed by atoms with Crippen LogP contribution in [0, 0.1) is 0 Å². The zero-order chi connectivity index (χ0) is 8.15. The molecule has 3 nitrogen and oxygen atoms in total. The van der Waals surface area contributed by atoms with Crippen molar-refractivity contribution in [2.24, 2.45) is 0 Å². The van der Waals surface area contributed by atoms with E-state index in [2.05, 4.69) is 0 Å². The Kier molecular flexibility index (Phi) is 3.69. The van der Waals surface area contributed by atoms with E-state index in [1.165, 1.54) is 0 Å². The van der Waals surface area contributed by atoms with Crippen molar-refractivity contribution in [3.8, 4) is 0 Å². The third-order valence-corrected chi connectivity index (χ3v) is 1.14. The summed E-state index contributed by atoms with van der Waals surface area (Å²) < 4.78 is 4.88. The Hall–Kier alpha value is -0.860. The van der Waals surface area contributed by atoms with Crippen molar-refractivity contribution in [2.75, 3.05) is 35.3 Å². The summed E-state index contributed by atoms with van der Waals surface area (Å²) in [5.74, 6) is 1.04. The molecule has 0 unspecified atom stereocenters. The van der Waals surface area contributed by atoms with Crippen molar-refractivity contribution in [2.45, 2.75) is 0 Å². The molecule has 0 bridgehead atoms. The van der Waals surface area contributed by atoms with Gasteiger partial charge in [-0.1, -0.05) is 0 Å². The maximum Gasteiger partial charge on any atom is 0.138 e. The molecule has 0 aromatic carbocycles. The van der Waals surface area contributed by atoms with E-state index in [0.29, 0.717) is 0 Å². The van der Waals surface area contributed by atoms with E-state index in [1.54, 1.807) is 13.4 Å². The number of hydrogen-bond acceptors (Lipinski definition) is 3. The average Bonchev–Trinajstić information content (AvgIpc) is 1.81. The van der Waals surface area contributed by atoms with Gasteiger partial charge >= 0.3 is 0 Å². The summed E-state index contributed by atoms with van der Waals surface area (Å²) in [6.07, 6.45) is 1.71. The van der Waals surface area contributed by atoms with E-state index in [9.17, 15) is 0 Å². The molecule has 0 fully saturated rings. The lowest BCUT2D eigenvalue weighted by Crippen LogP contribution is -2.24. The minimum absolute atomic E-state index is 1.04. The molecule has 0 spiro atoms. The molecule has 60 valence electrons. The first kappa shape index (κ1) is 9.14. The fraction of sp³-hybridized carbons (Fsp3) is 0.714. The minimum atomic E-state index is 1.04. The third-order valence-electron chi connectivity index (χ3n) is 1.14. The molecule has 0 aliphatic rings. The number of nitrogens with zero attached hydrogens (tertiary/aromatic N) is 2. The van der Waals surface area contributed by atoms with Gasteiger partial charge < -0.3 is 14.5 Å². The lowest BCUT2D eigenvalue weighted by molar-refractivity contribution is 0.272. The fourth-order valence-corrected chi connectivity index (χ4v) is 0.716. The highest BCUT2D eigenvalue weighted by molar-refractivity contribution is 4.91. The maximum absolute atomic E-state index is 4.88. The molecule has 10 heavy (non-hydrogen) atoms. The van der Waals surface area contributed by atoms with Crippen LogP contribution in [0.25, 0.3) is 0 Å². The van der Waals surface area contributed by atoms with Crippen LogP contribution in [-0.4, -0.2) is 45.1 Å². The molecule has 0 saturated carbocycles. The predicted octanol–water partition coefficient (Wildman–Crippen LogP) is 0.555. The maximum atomic E-state index is 4.88. The minimum Gasteiger partial charge on any atom is -0.501 e. The molecule has 0 aromatic rings. The SMILES string of the molecule is COC=C(N(C)C)N(C)C. The van der Waals surface area contributed by atoms with Gasteiger partial charge in [-0.15, -0.1) is 0 Å². The van der Waals surface area contributed by atoms with Gasteiger partial charge in [0.15, 0.2) is 0 Å². The van der Waals surface area contributed by atoms with Gasteiger partial charge in [-0.05, 0) is 0 Å². The first-order chi connectivity index (χ1) is 4.59. The van der Waals surface area contributed by atoms with Crippen LogP contribution in [0.1, 0.15) is 0 Å². The summed E-state index contributed by atoms with van der Waals surface area (Å²) in [6.45, 7) is 0. The Balaban J connectivity index is 4.12.